The van der Waals surface area contributed by atoms with E-state index in [9.17, 15) is 9.59 Å². The molecular formula is C21H25N3O2. The number of piperazine rings is 1. The lowest BCUT2D eigenvalue weighted by Gasteiger charge is -2.32. The van der Waals surface area contributed by atoms with Crippen LogP contribution in [0.5, 0.6) is 0 Å². The Hall–Kier alpha value is -2.66. The van der Waals surface area contributed by atoms with Gasteiger partial charge < -0.3 is 15.1 Å². The number of hydrogen-bond acceptors (Lipinski definition) is 3. The summed E-state index contributed by atoms with van der Waals surface area (Å²) < 4.78 is 0. The van der Waals surface area contributed by atoms with Gasteiger partial charge in [0.15, 0.2) is 0 Å². The molecule has 0 atom stereocenters. The summed E-state index contributed by atoms with van der Waals surface area (Å²) in [6.07, 6.45) is 0. The Morgan fingerprint density at radius 2 is 1.38 bits per heavy atom. The average molecular weight is 351 g/mol. The maximum Gasteiger partial charge on any atom is 0.255 e. The van der Waals surface area contributed by atoms with Crippen molar-refractivity contribution in [2.24, 2.45) is 0 Å². The van der Waals surface area contributed by atoms with Gasteiger partial charge in [0.2, 0.25) is 0 Å². The molecule has 0 unspecified atom stereocenters. The third kappa shape index (κ3) is 4.29. The molecule has 1 heterocycles. The Morgan fingerprint density at radius 1 is 0.846 bits per heavy atom. The van der Waals surface area contributed by atoms with Crippen LogP contribution in [-0.4, -0.2) is 54.8 Å². The van der Waals surface area contributed by atoms with Crippen LogP contribution in [-0.2, 0) is 0 Å². The second-order valence-corrected chi connectivity index (χ2v) is 7.00. The van der Waals surface area contributed by atoms with E-state index in [1.165, 1.54) is 0 Å². The number of anilines is 1. The number of nitrogens with one attached hydrogen (secondary N) is 1. The van der Waals surface area contributed by atoms with E-state index in [0.29, 0.717) is 11.1 Å². The summed E-state index contributed by atoms with van der Waals surface area (Å²) in [7, 11) is 2.06. The van der Waals surface area contributed by atoms with Gasteiger partial charge in [-0.3, -0.25) is 9.59 Å². The number of aryl methyl sites for hydroxylation is 2. The zero-order valence-electron chi connectivity index (χ0n) is 15.6. The Morgan fingerprint density at radius 3 is 1.96 bits per heavy atom. The molecule has 3 rings (SSSR count). The highest BCUT2D eigenvalue weighted by Gasteiger charge is 2.20. The third-order valence-electron chi connectivity index (χ3n) is 4.66. The highest BCUT2D eigenvalue weighted by atomic mass is 16.2. The van der Waals surface area contributed by atoms with Gasteiger partial charge in [-0.15, -0.1) is 0 Å². The molecule has 1 N–H and O–H groups in total. The largest absolute Gasteiger partial charge is 0.336 e. The van der Waals surface area contributed by atoms with Gasteiger partial charge in [0.25, 0.3) is 11.8 Å². The summed E-state index contributed by atoms with van der Waals surface area (Å²) in [5.41, 5.74) is 4.16. The van der Waals surface area contributed by atoms with Crippen LogP contribution in [0, 0.1) is 13.8 Å². The van der Waals surface area contributed by atoms with Gasteiger partial charge in [-0.1, -0.05) is 6.07 Å². The first-order valence-electron chi connectivity index (χ1n) is 8.90. The summed E-state index contributed by atoms with van der Waals surface area (Å²) in [4.78, 5) is 29.1. The molecule has 136 valence electrons. The molecule has 0 spiro atoms. The standard InChI is InChI=1S/C21H25N3O2/c1-15-12-16(2)14-19(13-15)22-20(25)17-4-6-18(7-5-17)21(26)24-10-8-23(3)9-11-24/h4-7,12-14H,8-11H2,1-3H3,(H,22,25). The van der Waals surface area contributed by atoms with Gasteiger partial charge in [-0.2, -0.15) is 0 Å². The van der Waals surface area contributed by atoms with Crippen molar-refractivity contribution in [1.29, 1.82) is 0 Å². The van der Waals surface area contributed by atoms with Crippen molar-refractivity contribution < 1.29 is 9.59 Å². The van der Waals surface area contributed by atoms with Crippen molar-refractivity contribution in [3.8, 4) is 0 Å². The van der Waals surface area contributed by atoms with E-state index in [4.69, 9.17) is 0 Å². The molecule has 2 amide bonds. The van der Waals surface area contributed by atoms with E-state index >= 15 is 0 Å². The highest BCUT2D eigenvalue weighted by molar-refractivity contribution is 6.05. The fraction of sp³-hybridized carbons (Fsp3) is 0.333. The quantitative estimate of drug-likeness (QED) is 0.925. The molecule has 0 bridgehead atoms. The number of rotatable bonds is 3. The Labute approximate surface area is 154 Å². The first-order valence-corrected chi connectivity index (χ1v) is 8.90. The zero-order valence-corrected chi connectivity index (χ0v) is 15.6. The van der Waals surface area contributed by atoms with Crippen LogP contribution >= 0.6 is 0 Å². The van der Waals surface area contributed by atoms with Crippen molar-refractivity contribution in [3.05, 3.63) is 64.7 Å². The van der Waals surface area contributed by atoms with Crippen molar-refractivity contribution in [2.45, 2.75) is 13.8 Å². The van der Waals surface area contributed by atoms with Gasteiger partial charge in [-0.25, -0.2) is 0 Å². The molecular weight excluding hydrogens is 326 g/mol. The molecule has 1 saturated heterocycles. The third-order valence-corrected chi connectivity index (χ3v) is 4.66. The van der Waals surface area contributed by atoms with E-state index in [2.05, 4.69) is 23.3 Å². The maximum absolute atomic E-state index is 12.6. The number of hydrogen-bond donors (Lipinski definition) is 1. The molecule has 0 aromatic heterocycles. The monoisotopic (exact) mass is 351 g/mol. The maximum atomic E-state index is 12.6. The normalized spacial score (nSPS) is 15.0. The minimum Gasteiger partial charge on any atom is -0.336 e. The second kappa shape index (κ2) is 7.70. The predicted molar refractivity (Wildman–Crippen MR) is 104 cm³/mol. The summed E-state index contributed by atoms with van der Waals surface area (Å²) >= 11 is 0. The highest BCUT2D eigenvalue weighted by Crippen LogP contribution is 2.16. The van der Waals surface area contributed by atoms with Crippen LogP contribution in [0.25, 0.3) is 0 Å². The molecule has 1 fully saturated rings. The molecule has 1 aliphatic rings. The molecule has 5 heteroatoms. The average Bonchev–Trinajstić information content (AvgIpc) is 2.61. The van der Waals surface area contributed by atoms with Crippen molar-refractivity contribution in [1.82, 2.24) is 9.80 Å². The van der Waals surface area contributed by atoms with Crippen LogP contribution in [0.15, 0.2) is 42.5 Å². The first-order chi connectivity index (χ1) is 12.4. The summed E-state index contributed by atoms with van der Waals surface area (Å²) in [5, 5.41) is 2.92. The smallest absolute Gasteiger partial charge is 0.255 e. The lowest BCUT2D eigenvalue weighted by atomic mass is 10.1. The Bertz CT molecular complexity index is 786. The molecule has 5 nitrogen and oxygen atoms in total. The van der Waals surface area contributed by atoms with Crippen LogP contribution in [0.3, 0.4) is 0 Å². The summed E-state index contributed by atoms with van der Waals surface area (Å²) in [6.45, 7) is 7.27. The van der Waals surface area contributed by atoms with Crippen molar-refractivity contribution in [3.63, 3.8) is 0 Å². The summed E-state index contributed by atoms with van der Waals surface area (Å²) in [5.74, 6) is -0.145. The second-order valence-electron chi connectivity index (χ2n) is 7.00. The fourth-order valence-corrected chi connectivity index (χ4v) is 3.21. The van der Waals surface area contributed by atoms with Gasteiger partial charge in [0, 0.05) is 43.0 Å². The molecule has 26 heavy (non-hydrogen) atoms. The number of nitrogens with zero attached hydrogens (tertiary/aromatic N) is 2. The number of benzene rings is 2. The molecule has 0 radical (unpaired) electrons. The molecule has 2 aromatic rings. The first kappa shape index (κ1) is 18.1. The van der Waals surface area contributed by atoms with Crippen LogP contribution < -0.4 is 5.32 Å². The van der Waals surface area contributed by atoms with E-state index in [1.807, 2.05) is 30.9 Å². The number of carbonyl (C=O) groups excluding carboxylic acids is 2. The predicted octanol–water partition coefficient (Wildman–Crippen LogP) is 2.94. The minimum atomic E-state index is -0.173. The fourth-order valence-electron chi connectivity index (χ4n) is 3.21. The SMILES string of the molecule is Cc1cc(C)cc(NC(=O)c2ccc(C(=O)N3CCN(C)CC3)cc2)c1. The van der Waals surface area contributed by atoms with Crippen molar-refractivity contribution in [2.75, 3.05) is 38.5 Å². The van der Waals surface area contributed by atoms with Crippen LogP contribution in [0.4, 0.5) is 5.69 Å². The minimum absolute atomic E-state index is 0.0272. The molecule has 0 saturated carbocycles. The molecule has 2 aromatic carbocycles. The topological polar surface area (TPSA) is 52.7 Å². The Kier molecular flexibility index (Phi) is 5.38. The lowest BCUT2D eigenvalue weighted by molar-refractivity contribution is 0.0664. The lowest BCUT2D eigenvalue weighted by Crippen LogP contribution is -2.47. The van der Waals surface area contributed by atoms with E-state index < -0.39 is 0 Å². The van der Waals surface area contributed by atoms with Gasteiger partial charge in [-0.05, 0) is 68.4 Å². The van der Waals surface area contributed by atoms with E-state index in [-0.39, 0.29) is 11.8 Å². The van der Waals surface area contributed by atoms with E-state index in [0.717, 1.165) is 43.0 Å². The number of likely N-dealkylation sites (N-methyl/N-ethyl adjacent to an activating group) is 1. The van der Waals surface area contributed by atoms with Crippen molar-refractivity contribution >= 4 is 17.5 Å². The van der Waals surface area contributed by atoms with Gasteiger partial charge >= 0.3 is 0 Å². The van der Waals surface area contributed by atoms with Gasteiger partial charge in [0.05, 0.1) is 0 Å². The summed E-state index contributed by atoms with van der Waals surface area (Å²) in [6, 6.07) is 12.8. The van der Waals surface area contributed by atoms with Crippen LogP contribution in [0.1, 0.15) is 31.8 Å². The van der Waals surface area contributed by atoms with Gasteiger partial charge in [0.1, 0.15) is 0 Å². The Balaban J connectivity index is 1.66. The van der Waals surface area contributed by atoms with E-state index in [1.54, 1.807) is 24.3 Å². The molecule has 1 aliphatic heterocycles. The molecule has 0 aliphatic carbocycles. The van der Waals surface area contributed by atoms with Crippen LogP contribution in [0.2, 0.25) is 0 Å². The zero-order chi connectivity index (χ0) is 18.7. The number of amides is 2. The number of carbonyl (C=O) groups is 2.